The number of H-pyrrole nitrogens is 2. The Kier molecular flexibility index (Phi) is 2.92. The smallest absolute Gasteiger partial charge is 0.306 e. The molecule has 1 aliphatic heterocycles. The predicted octanol–water partition coefficient (Wildman–Crippen LogP) is 1.29. The molecule has 6 nitrogen and oxygen atoms in total. The van der Waals surface area contributed by atoms with Gasteiger partial charge in [0.15, 0.2) is 0 Å². The first-order valence-corrected chi connectivity index (χ1v) is 7.72. The normalized spacial score (nSPS) is 17.3. The van der Waals surface area contributed by atoms with Gasteiger partial charge >= 0.3 is 5.69 Å². The lowest BCUT2D eigenvalue weighted by atomic mass is 10.3. The lowest BCUT2D eigenvalue weighted by Crippen LogP contribution is -2.28. The zero-order chi connectivity index (χ0) is 13.6. The highest BCUT2D eigenvalue weighted by Crippen LogP contribution is 2.29. The standard InChI is InChI=1S/C11H12ClN3O3S/c12-7-5-8-9(14-11(16)13-8)6-10(7)19(17,18)15-3-1-2-4-15/h5-6H,1-4H2,(H2,13,14,16). The second-order valence-electron chi connectivity index (χ2n) is 4.52. The van der Waals surface area contributed by atoms with Crippen molar-refractivity contribution in [2.75, 3.05) is 13.1 Å². The Labute approximate surface area is 114 Å². The van der Waals surface area contributed by atoms with E-state index in [1.165, 1.54) is 16.4 Å². The summed E-state index contributed by atoms with van der Waals surface area (Å²) in [5.41, 5.74) is 0.546. The van der Waals surface area contributed by atoms with Crippen LogP contribution in [-0.2, 0) is 10.0 Å². The van der Waals surface area contributed by atoms with E-state index in [0.717, 1.165) is 12.8 Å². The van der Waals surface area contributed by atoms with Crippen molar-refractivity contribution in [1.82, 2.24) is 14.3 Å². The highest BCUT2D eigenvalue weighted by molar-refractivity contribution is 7.89. The Bertz CT molecular complexity index is 787. The lowest BCUT2D eigenvalue weighted by Gasteiger charge is -2.16. The van der Waals surface area contributed by atoms with E-state index in [2.05, 4.69) is 9.97 Å². The van der Waals surface area contributed by atoms with Crippen molar-refractivity contribution in [1.29, 1.82) is 0 Å². The predicted molar refractivity (Wildman–Crippen MR) is 71.9 cm³/mol. The van der Waals surface area contributed by atoms with E-state index in [-0.39, 0.29) is 15.6 Å². The van der Waals surface area contributed by atoms with E-state index in [4.69, 9.17) is 11.6 Å². The van der Waals surface area contributed by atoms with Crippen LogP contribution in [0.1, 0.15) is 12.8 Å². The highest BCUT2D eigenvalue weighted by atomic mass is 35.5. The first-order chi connectivity index (χ1) is 8.98. The summed E-state index contributed by atoms with van der Waals surface area (Å²) in [6.07, 6.45) is 1.72. The number of fused-ring (bicyclic) bond motifs is 1. The van der Waals surface area contributed by atoms with Crippen LogP contribution >= 0.6 is 11.6 Å². The van der Waals surface area contributed by atoms with Gasteiger partial charge in [0.1, 0.15) is 4.90 Å². The quantitative estimate of drug-likeness (QED) is 0.876. The van der Waals surface area contributed by atoms with Crippen LogP contribution in [0.15, 0.2) is 21.8 Å². The summed E-state index contributed by atoms with van der Waals surface area (Å²) in [7, 11) is -3.59. The molecule has 0 radical (unpaired) electrons. The number of rotatable bonds is 2. The van der Waals surface area contributed by atoms with Gasteiger partial charge in [0.25, 0.3) is 0 Å². The molecule has 1 aromatic heterocycles. The number of imidazole rings is 1. The Morgan fingerprint density at radius 3 is 2.32 bits per heavy atom. The lowest BCUT2D eigenvalue weighted by molar-refractivity contribution is 0.477. The van der Waals surface area contributed by atoms with Crippen LogP contribution in [0.5, 0.6) is 0 Å². The fraction of sp³-hybridized carbons (Fsp3) is 0.364. The molecule has 1 aliphatic rings. The molecule has 0 atom stereocenters. The van der Waals surface area contributed by atoms with Crippen molar-refractivity contribution in [3.8, 4) is 0 Å². The first-order valence-electron chi connectivity index (χ1n) is 5.90. The summed E-state index contributed by atoms with van der Waals surface area (Å²) < 4.78 is 26.3. The van der Waals surface area contributed by atoms with Gasteiger partial charge in [0.2, 0.25) is 10.0 Å². The van der Waals surface area contributed by atoms with E-state index in [1.54, 1.807) is 0 Å². The van der Waals surface area contributed by atoms with E-state index < -0.39 is 10.0 Å². The van der Waals surface area contributed by atoms with Gasteiger partial charge < -0.3 is 9.97 Å². The Hall–Kier alpha value is -1.31. The average molecular weight is 302 g/mol. The fourth-order valence-corrected chi connectivity index (χ4v) is 4.35. The first kappa shape index (κ1) is 12.7. The Morgan fingerprint density at radius 1 is 1.11 bits per heavy atom. The molecule has 19 heavy (non-hydrogen) atoms. The Morgan fingerprint density at radius 2 is 1.68 bits per heavy atom. The molecule has 2 heterocycles. The number of hydrogen-bond donors (Lipinski definition) is 2. The molecule has 3 rings (SSSR count). The van der Waals surface area contributed by atoms with Crippen LogP contribution in [0.2, 0.25) is 5.02 Å². The maximum atomic E-state index is 12.4. The van der Waals surface area contributed by atoms with E-state index in [1.807, 2.05) is 0 Å². The van der Waals surface area contributed by atoms with Gasteiger partial charge in [-0.25, -0.2) is 13.2 Å². The molecule has 2 aromatic rings. The van der Waals surface area contributed by atoms with Crippen molar-refractivity contribution >= 4 is 32.7 Å². The molecule has 0 aliphatic carbocycles. The molecule has 1 saturated heterocycles. The van der Waals surface area contributed by atoms with Crippen LogP contribution in [0.3, 0.4) is 0 Å². The minimum atomic E-state index is -3.59. The second kappa shape index (κ2) is 4.36. The number of halogens is 1. The summed E-state index contributed by atoms with van der Waals surface area (Å²) in [6.45, 7) is 1.03. The van der Waals surface area contributed by atoms with Crippen LogP contribution in [0.25, 0.3) is 11.0 Å². The molecule has 0 spiro atoms. The molecule has 0 bridgehead atoms. The topological polar surface area (TPSA) is 86.0 Å². The Balaban J connectivity index is 2.18. The minimum Gasteiger partial charge on any atom is -0.306 e. The third kappa shape index (κ3) is 2.07. The van der Waals surface area contributed by atoms with Crippen molar-refractivity contribution in [2.45, 2.75) is 17.7 Å². The molecular weight excluding hydrogens is 290 g/mol. The molecule has 2 N–H and O–H groups in total. The maximum Gasteiger partial charge on any atom is 0.323 e. The van der Waals surface area contributed by atoms with Crippen LogP contribution in [0, 0.1) is 0 Å². The van der Waals surface area contributed by atoms with Crippen LogP contribution < -0.4 is 5.69 Å². The van der Waals surface area contributed by atoms with Gasteiger partial charge in [-0.3, -0.25) is 0 Å². The van der Waals surface area contributed by atoms with Crippen molar-refractivity contribution in [2.24, 2.45) is 0 Å². The SMILES string of the molecule is O=c1[nH]c2cc(Cl)c(S(=O)(=O)N3CCCC3)cc2[nH]1. The molecule has 102 valence electrons. The third-order valence-electron chi connectivity index (χ3n) is 3.25. The summed E-state index contributed by atoms with van der Waals surface area (Å²) >= 11 is 6.03. The van der Waals surface area contributed by atoms with Gasteiger partial charge in [0, 0.05) is 13.1 Å². The molecule has 0 saturated carbocycles. The van der Waals surface area contributed by atoms with Crippen molar-refractivity contribution < 1.29 is 8.42 Å². The van der Waals surface area contributed by atoms with E-state index >= 15 is 0 Å². The van der Waals surface area contributed by atoms with Crippen molar-refractivity contribution in [3.63, 3.8) is 0 Å². The monoisotopic (exact) mass is 301 g/mol. The second-order valence-corrected chi connectivity index (χ2v) is 6.83. The highest BCUT2D eigenvalue weighted by Gasteiger charge is 2.29. The van der Waals surface area contributed by atoms with Gasteiger partial charge in [-0.05, 0) is 25.0 Å². The fourth-order valence-electron chi connectivity index (χ4n) is 2.30. The molecule has 1 aromatic carbocycles. The van der Waals surface area contributed by atoms with Gasteiger partial charge in [-0.15, -0.1) is 0 Å². The van der Waals surface area contributed by atoms with Crippen LogP contribution in [-0.4, -0.2) is 35.8 Å². The van der Waals surface area contributed by atoms with Gasteiger partial charge in [-0.2, -0.15) is 4.31 Å². The van der Waals surface area contributed by atoms with E-state index in [0.29, 0.717) is 24.1 Å². The van der Waals surface area contributed by atoms with E-state index in [9.17, 15) is 13.2 Å². The number of hydrogen-bond acceptors (Lipinski definition) is 3. The molecule has 1 fully saturated rings. The molecule has 0 amide bonds. The van der Waals surface area contributed by atoms with Gasteiger partial charge in [0.05, 0.1) is 16.1 Å². The molecule has 0 unspecified atom stereocenters. The maximum absolute atomic E-state index is 12.4. The zero-order valence-electron chi connectivity index (χ0n) is 9.94. The largest absolute Gasteiger partial charge is 0.323 e. The van der Waals surface area contributed by atoms with Gasteiger partial charge in [-0.1, -0.05) is 11.6 Å². The number of nitrogens with one attached hydrogen (secondary N) is 2. The van der Waals surface area contributed by atoms with Crippen LogP contribution in [0.4, 0.5) is 0 Å². The summed E-state index contributed by atoms with van der Waals surface area (Å²) in [4.78, 5) is 16.3. The zero-order valence-corrected chi connectivity index (χ0v) is 11.5. The minimum absolute atomic E-state index is 0.0406. The molecular formula is C11H12ClN3O3S. The van der Waals surface area contributed by atoms with Crippen molar-refractivity contribution in [3.05, 3.63) is 27.6 Å². The average Bonchev–Trinajstić information content (AvgIpc) is 2.95. The number of sulfonamides is 1. The number of aromatic amines is 2. The third-order valence-corrected chi connectivity index (χ3v) is 5.61. The number of aromatic nitrogens is 2. The number of benzene rings is 1. The number of nitrogens with zero attached hydrogens (tertiary/aromatic N) is 1. The molecule has 8 heteroatoms. The summed E-state index contributed by atoms with van der Waals surface area (Å²) in [6, 6.07) is 2.86. The summed E-state index contributed by atoms with van der Waals surface area (Å²) in [5, 5.41) is 0.120. The summed E-state index contributed by atoms with van der Waals surface area (Å²) in [5.74, 6) is 0.